The molecule has 0 saturated carbocycles. The summed E-state index contributed by atoms with van der Waals surface area (Å²) in [5.74, 6) is 0. The fourth-order valence-corrected chi connectivity index (χ4v) is 2.84. The van der Waals surface area contributed by atoms with Crippen LogP contribution in [0, 0.1) is 0 Å². The molecule has 7 nitrogen and oxygen atoms in total. The van der Waals surface area contributed by atoms with E-state index in [9.17, 15) is 13.2 Å². The van der Waals surface area contributed by atoms with Crippen molar-refractivity contribution in [1.29, 1.82) is 0 Å². The Bertz CT molecular complexity index is 716. The van der Waals surface area contributed by atoms with Crippen molar-refractivity contribution in [2.75, 3.05) is 6.54 Å². The van der Waals surface area contributed by atoms with Crippen molar-refractivity contribution in [1.82, 2.24) is 14.7 Å². The second-order valence-corrected chi connectivity index (χ2v) is 5.76. The minimum absolute atomic E-state index is 0.0885. The van der Waals surface area contributed by atoms with Crippen LogP contribution < -0.4 is 16.1 Å². The van der Waals surface area contributed by atoms with Gasteiger partial charge in [-0.1, -0.05) is 0 Å². The lowest BCUT2D eigenvalue weighted by Crippen LogP contribution is -2.37. The van der Waals surface area contributed by atoms with Crippen LogP contribution in [0.3, 0.4) is 0 Å². The Balaban J connectivity index is 2.44. The van der Waals surface area contributed by atoms with E-state index in [4.69, 9.17) is 5.73 Å². The number of imidazole rings is 1. The molecule has 1 aromatic carbocycles. The molecule has 5 N–H and O–H groups in total. The molecule has 0 bridgehead atoms. The second-order valence-electron chi connectivity index (χ2n) is 4.04. The zero-order chi connectivity index (χ0) is 13.3. The van der Waals surface area contributed by atoms with E-state index in [1.54, 1.807) is 6.92 Å². The largest absolute Gasteiger partial charge is 0.329 e. The van der Waals surface area contributed by atoms with Crippen molar-refractivity contribution in [3.63, 3.8) is 0 Å². The first-order valence-corrected chi connectivity index (χ1v) is 6.85. The Labute approximate surface area is 103 Å². The van der Waals surface area contributed by atoms with Crippen molar-refractivity contribution < 1.29 is 8.42 Å². The third-order valence-corrected chi connectivity index (χ3v) is 4.09. The van der Waals surface area contributed by atoms with Gasteiger partial charge in [0.05, 0.1) is 15.9 Å². The highest BCUT2D eigenvalue weighted by molar-refractivity contribution is 7.89. The molecule has 0 aliphatic rings. The van der Waals surface area contributed by atoms with Crippen LogP contribution >= 0.6 is 0 Å². The highest BCUT2D eigenvalue weighted by Crippen LogP contribution is 2.15. The smallest absolute Gasteiger partial charge is 0.323 e. The number of sulfonamides is 1. The molecular weight excluding hydrogens is 256 g/mol. The quantitative estimate of drug-likeness (QED) is 0.597. The lowest BCUT2D eigenvalue weighted by Gasteiger charge is -2.11. The Hall–Kier alpha value is -1.64. The molecule has 1 heterocycles. The van der Waals surface area contributed by atoms with E-state index in [0.29, 0.717) is 11.0 Å². The Kier molecular flexibility index (Phi) is 3.24. The number of aromatic amines is 2. The van der Waals surface area contributed by atoms with E-state index in [-0.39, 0.29) is 23.2 Å². The molecule has 18 heavy (non-hydrogen) atoms. The number of hydrogen-bond donors (Lipinski definition) is 4. The third-order valence-electron chi connectivity index (χ3n) is 2.51. The van der Waals surface area contributed by atoms with Gasteiger partial charge in [-0.3, -0.25) is 0 Å². The van der Waals surface area contributed by atoms with Crippen molar-refractivity contribution in [2.45, 2.75) is 17.9 Å². The summed E-state index contributed by atoms with van der Waals surface area (Å²) in [7, 11) is -3.62. The van der Waals surface area contributed by atoms with E-state index in [2.05, 4.69) is 14.7 Å². The maximum absolute atomic E-state index is 12.0. The van der Waals surface area contributed by atoms with Crippen molar-refractivity contribution >= 4 is 21.1 Å². The standard InChI is InChI=1S/C10H14N4O3S/c1-6(5-11)14-18(16,17)7-2-3-8-9(4-7)13-10(15)12-8/h2-4,6,14H,5,11H2,1H3,(H2,12,13,15)/t6-/m1/s1. The minimum Gasteiger partial charge on any atom is -0.329 e. The normalized spacial score (nSPS) is 13.9. The van der Waals surface area contributed by atoms with Crippen molar-refractivity contribution in [2.24, 2.45) is 5.73 Å². The predicted octanol–water partition coefficient (Wildman–Crippen LogP) is -0.518. The first-order valence-electron chi connectivity index (χ1n) is 5.37. The number of rotatable bonds is 4. The van der Waals surface area contributed by atoms with E-state index in [0.717, 1.165) is 0 Å². The fourth-order valence-electron chi connectivity index (χ4n) is 1.56. The molecule has 0 spiro atoms. The molecule has 0 aliphatic carbocycles. The summed E-state index contributed by atoms with van der Waals surface area (Å²) in [4.78, 5) is 16.2. The maximum atomic E-state index is 12.0. The molecular formula is C10H14N4O3S. The van der Waals surface area contributed by atoms with Gasteiger partial charge in [0.25, 0.3) is 0 Å². The van der Waals surface area contributed by atoms with Crippen molar-refractivity contribution in [3.05, 3.63) is 28.7 Å². The maximum Gasteiger partial charge on any atom is 0.323 e. The number of nitrogens with one attached hydrogen (secondary N) is 3. The number of aromatic nitrogens is 2. The van der Waals surface area contributed by atoms with E-state index >= 15 is 0 Å². The summed E-state index contributed by atoms with van der Waals surface area (Å²) in [6.07, 6.45) is 0. The summed E-state index contributed by atoms with van der Waals surface area (Å²) in [5, 5.41) is 0. The molecule has 98 valence electrons. The molecule has 0 fully saturated rings. The summed E-state index contributed by atoms with van der Waals surface area (Å²) < 4.78 is 26.4. The lowest BCUT2D eigenvalue weighted by atomic mass is 10.3. The van der Waals surface area contributed by atoms with Gasteiger partial charge in [-0.15, -0.1) is 0 Å². The average Bonchev–Trinajstić information content (AvgIpc) is 2.67. The number of hydrogen-bond acceptors (Lipinski definition) is 4. The van der Waals surface area contributed by atoms with Gasteiger partial charge in [-0.2, -0.15) is 0 Å². The number of fused-ring (bicyclic) bond motifs is 1. The van der Waals surface area contributed by atoms with Gasteiger partial charge in [0, 0.05) is 12.6 Å². The number of benzene rings is 1. The lowest BCUT2D eigenvalue weighted by molar-refractivity contribution is 0.563. The number of nitrogens with two attached hydrogens (primary N) is 1. The van der Waals surface area contributed by atoms with Gasteiger partial charge in [-0.25, -0.2) is 17.9 Å². The first kappa shape index (κ1) is 12.8. The van der Waals surface area contributed by atoms with Crippen LogP contribution in [0.25, 0.3) is 11.0 Å². The molecule has 1 aromatic heterocycles. The highest BCUT2D eigenvalue weighted by Gasteiger charge is 2.17. The molecule has 0 radical (unpaired) electrons. The molecule has 8 heteroatoms. The first-order chi connectivity index (χ1) is 8.42. The van der Waals surface area contributed by atoms with Crippen LogP contribution in [0.1, 0.15) is 6.92 Å². The highest BCUT2D eigenvalue weighted by atomic mass is 32.2. The monoisotopic (exact) mass is 270 g/mol. The van der Waals surface area contributed by atoms with Gasteiger partial charge in [0.15, 0.2) is 0 Å². The van der Waals surface area contributed by atoms with Crippen LogP contribution in [0.4, 0.5) is 0 Å². The summed E-state index contributed by atoms with van der Waals surface area (Å²) >= 11 is 0. The third kappa shape index (κ3) is 2.45. The molecule has 0 saturated heterocycles. The molecule has 0 aliphatic heterocycles. The SMILES string of the molecule is C[C@H](CN)NS(=O)(=O)c1ccc2[nH]c(=O)[nH]c2c1. The average molecular weight is 270 g/mol. The summed E-state index contributed by atoms with van der Waals surface area (Å²) in [6, 6.07) is 4.02. The van der Waals surface area contributed by atoms with Gasteiger partial charge in [0.1, 0.15) is 0 Å². The predicted molar refractivity (Wildman–Crippen MR) is 67.8 cm³/mol. The Morgan fingerprint density at radius 1 is 1.33 bits per heavy atom. The molecule has 2 aromatic rings. The van der Waals surface area contributed by atoms with Gasteiger partial charge < -0.3 is 15.7 Å². The minimum atomic E-state index is -3.62. The van der Waals surface area contributed by atoms with Gasteiger partial charge >= 0.3 is 5.69 Å². The zero-order valence-electron chi connectivity index (χ0n) is 9.73. The second kappa shape index (κ2) is 4.56. The molecule has 0 unspecified atom stereocenters. The molecule has 1 atom stereocenters. The fraction of sp³-hybridized carbons (Fsp3) is 0.300. The molecule has 0 amide bonds. The summed E-state index contributed by atoms with van der Waals surface area (Å²) in [5.41, 5.74) is 6.01. The van der Waals surface area contributed by atoms with Gasteiger partial charge in [-0.05, 0) is 25.1 Å². The zero-order valence-corrected chi connectivity index (χ0v) is 10.5. The van der Waals surface area contributed by atoms with Crippen LogP contribution in [0.15, 0.2) is 27.9 Å². The van der Waals surface area contributed by atoms with Crippen LogP contribution in [0.2, 0.25) is 0 Å². The Morgan fingerprint density at radius 3 is 2.67 bits per heavy atom. The molecule has 2 rings (SSSR count). The van der Waals surface area contributed by atoms with Crippen LogP contribution in [-0.2, 0) is 10.0 Å². The van der Waals surface area contributed by atoms with Crippen LogP contribution in [-0.4, -0.2) is 31.0 Å². The number of H-pyrrole nitrogens is 2. The Morgan fingerprint density at radius 2 is 2.00 bits per heavy atom. The van der Waals surface area contributed by atoms with Crippen molar-refractivity contribution in [3.8, 4) is 0 Å². The van der Waals surface area contributed by atoms with E-state index in [1.165, 1.54) is 18.2 Å². The van der Waals surface area contributed by atoms with Crippen LogP contribution in [0.5, 0.6) is 0 Å². The summed E-state index contributed by atoms with van der Waals surface area (Å²) in [6.45, 7) is 1.89. The van der Waals surface area contributed by atoms with Gasteiger partial charge in [0.2, 0.25) is 10.0 Å². The topological polar surface area (TPSA) is 121 Å². The van der Waals surface area contributed by atoms with E-state index < -0.39 is 10.0 Å². The van der Waals surface area contributed by atoms with E-state index in [1.807, 2.05) is 0 Å².